The zero-order valence-corrected chi connectivity index (χ0v) is 10.8. The van der Waals surface area contributed by atoms with Crippen LogP contribution in [0.2, 0.25) is 0 Å². The van der Waals surface area contributed by atoms with Gasteiger partial charge in [-0.15, -0.1) is 0 Å². The minimum atomic E-state index is -0.552. The number of hydrogen-bond acceptors (Lipinski definition) is 3. The average Bonchev–Trinajstić information content (AvgIpc) is 2.40. The van der Waals surface area contributed by atoms with E-state index in [2.05, 4.69) is 5.32 Å². The number of amides is 1. The predicted octanol–water partition coefficient (Wildman–Crippen LogP) is 1.65. The second-order valence-electron chi connectivity index (χ2n) is 4.10. The molecule has 4 nitrogen and oxygen atoms in total. The fourth-order valence-corrected chi connectivity index (χ4v) is 1.74. The minimum Gasteiger partial charge on any atom is -0.396 e. The number of ether oxygens (including phenoxy) is 1. The summed E-state index contributed by atoms with van der Waals surface area (Å²) >= 11 is 0. The van der Waals surface area contributed by atoms with E-state index in [9.17, 15) is 4.79 Å². The molecule has 0 saturated carbocycles. The first-order valence-corrected chi connectivity index (χ1v) is 6.26. The Kier molecular flexibility index (Phi) is 7.06. The molecule has 1 atom stereocenters. The van der Waals surface area contributed by atoms with E-state index in [0.29, 0.717) is 6.54 Å². The molecule has 1 unspecified atom stereocenters. The van der Waals surface area contributed by atoms with Gasteiger partial charge in [-0.05, 0) is 24.8 Å². The van der Waals surface area contributed by atoms with E-state index in [4.69, 9.17) is 9.84 Å². The number of hydrogen-bond donors (Lipinski definition) is 2. The zero-order valence-electron chi connectivity index (χ0n) is 10.8. The Morgan fingerprint density at radius 2 is 2.00 bits per heavy atom. The lowest BCUT2D eigenvalue weighted by atomic mass is 10.1. The van der Waals surface area contributed by atoms with Crippen LogP contribution < -0.4 is 5.32 Å². The number of benzene rings is 1. The van der Waals surface area contributed by atoms with Gasteiger partial charge >= 0.3 is 0 Å². The lowest BCUT2D eigenvalue weighted by molar-refractivity contribution is -0.131. The number of carbonyl (C=O) groups excluding carboxylic acids is 1. The molecule has 0 aliphatic rings. The Bertz CT molecular complexity index is 340. The summed E-state index contributed by atoms with van der Waals surface area (Å²) in [6.45, 7) is 0.824. The highest BCUT2D eigenvalue weighted by atomic mass is 16.5. The molecule has 0 aromatic heterocycles. The van der Waals surface area contributed by atoms with Crippen LogP contribution in [0, 0.1) is 0 Å². The summed E-state index contributed by atoms with van der Waals surface area (Å²) in [5, 5.41) is 11.5. The first kappa shape index (κ1) is 14.7. The topological polar surface area (TPSA) is 58.6 Å². The maximum absolute atomic E-state index is 11.9. The van der Waals surface area contributed by atoms with Crippen molar-refractivity contribution in [3.63, 3.8) is 0 Å². The molecule has 0 aliphatic heterocycles. The molecule has 0 spiro atoms. The molecule has 0 aliphatic carbocycles. The molecule has 1 aromatic carbocycles. The van der Waals surface area contributed by atoms with Crippen LogP contribution in [0.5, 0.6) is 0 Å². The molecule has 0 heterocycles. The van der Waals surface area contributed by atoms with Crippen molar-refractivity contribution in [1.82, 2.24) is 5.32 Å². The number of carbonyl (C=O) groups is 1. The van der Waals surface area contributed by atoms with Crippen molar-refractivity contribution >= 4 is 5.91 Å². The molecule has 2 N–H and O–H groups in total. The number of rotatable bonds is 8. The third-order valence-electron chi connectivity index (χ3n) is 2.71. The second kappa shape index (κ2) is 8.66. The van der Waals surface area contributed by atoms with Crippen LogP contribution in [0.1, 0.15) is 30.9 Å². The molecule has 1 aromatic rings. The highest BCUT2D eigenvalue weighted by Gasteiger charge is 2.18. The average molecular weight is 251 g/mol. The van der Waals surface area contributed by atoms with Crippen molar-refractivity contribution < 1.29 is 14.6 Å². The van der Waals surface area contributed by atoms with E-state index in [0.717, 1.165) is 24.8 Å². The van der Waals surface area contributed by atoms with E-state index in [1.807, 2.05) is 30.3 Å². The smallest absolute Gasteiger partial charge is 0.253 e. The Labute approximate surface area is 108 Å². The van der Waals surface area contributed by atoms with Crippen molar-refractivity contribution in [2.24, 2.45) is 0 Å². The van der Waals surface area contributed by atoms with E-state index in [-0.39, 0.29) is 12.5 Å². The van der Waals surface area contributed by atoms with E-state index in [1.54, 1.807) is 0 Å². The quantitative estimate of drug-likeness (QED) is 0.691. The molecule has 0 saturated heterocycles. The number of unbranched alkanes of at least 4 members (excludes halogenated alkanes) is 2. The zero-order chi connectivity index (χ0) is 13.2. The first-order chi connectivity index (χ1) is 8.79. The van der Waals surface area contributed by atoms with Gasteiger partial charge in [0.25, 0.3) is 5.91 Å². The third kappa shape index (κ3) is 4.85. The maximum atomic E-state index is 11.9. The summed E-state index contributed by atoms with van der Waals surface area (Å²) < 4.78 is 5.22. The van der Waals surface area contributed by atoms with Crippen LogP contribution >= 0.6 is 0 Å². The lowest BCUT2D eigenvalue weighted by Gasteiger charge is -2.15. The SMILES string of the molecule is COC(C(=O)NCCCCCO)c1ccccc1. The molecule has 4 heteroatoms. The van der Waals surface area contributed by atoms with Crippen LogP contribution in [-0.2, 0) is 9.53 Å². The molecule has 0 fully saturated rings. The summed E-state index contributed by atoms with van der Waals surface area (Å²) in [7, 11) is 1.53. The Hall–Kier alpha value is -1.39. The maximum Gasteiger partial charge on any atom is 0.253 e. The number of nitrogens with one attached hydrogen (secondary N) is 1. The molecule has 0 radical (unpaired) electrons. The van der Waals surface area contributed by atoms with Gasteiger partial charge in [0.15, 0.2) is 6.10 Å². The van der Waals surface area contributed by atoms with Crippen molar-refractivity contribution in [3.8, 4) is 0 Å². The largest absolute Gasteiger partial charge is 0.396 e. The Morgan fingerprint density at radius 3 is 2.61 bits per heavy atom. The summed E-state index contributed by atoms with van der Waals surface area (Å²) in [6.07, 6.45) is 2.02. The van der Waals surface area contributed by atoms with E-state index in [1.165, 1.54) is 7.11 Å². The highest BCUT2D eigenvalue weighted by Crippen LogP contribution is 2.15. The van der Waals surface area contributed by atoms with Crippen LogP contribution in [0.4, 0.5) is 0 Å². The van der Waals surface area contributed by atoms with Gasteiger partial charge in [0.05, 0.1) is 0 Å². The van der Waals surface area contributed by atoms with Gasteiger partial charge in [-0.2, -0.15) is 0 Å². The van der Waals surface area contributed by atoms with Crippen molar-refractivity contribution in [1.29, 1.82) is 0 Å². The van der Waals surface area contributed by atoms with Crippen molar-refractivity contribution in [2.75, 3.05) is 20.3 Å². The molecular formula is C14H21NO3. The second-order valence-corrected chi connectivity index (χ2v) is 4.10. The molecule has 100 valence electrons. The minimum absolute atomic E-state index is 0.118. The van der Waals surface area contributed by atoms with Gasteiger partial charge in [0.1, 0.15) is 0 Å². The third-order valence-corrected chi connectivity index (χ3v) is 2.71. The number of methoxy groups -OCH3 is 1. The van der Waals surface area contributed by atoms with Gasteiger partial charge < -0.3 is 15.2 Å². The van der Waals surface area contributed by atoms with E-state index >= 15 is 0 Å². The standard InChI is InChI=1S/C14H21NO3/c1-18-13(12-8-4-2-5-9-12)14(17)15-10-6-3-7-11-16/h2,4-5,8-9,13,16H,3,6-7,10-11H2,1H3,(H,15,17). The summed E-state index contributed by atoms with van der Waals surface area (Å²) in [4.78, 5) is 11.9. The van der Waals surface area contributed by atoms with Gasteiger partial charge in [-0.3, -0.25) is 4.79 Å². The van der Waals surface area contributed by atoms with Crippen molar-refractivity contribution in [2.45, 2.75) is 25.4 Å². The summed E-state index contributed by atoms with van der Waals surface area (Å²) in [5.74, 6) is -0.118. The van der Waals surface area contributed by atoms with Gasteiger partial charge in [-0.1, -0.05) is 30.3 Å². The Morgan fingerprint density at radius 1 is 1.28 bits per heavy atom. The molecule has 1 amide bonds. The summed E-state index contributed by atoms with van der Waals surface area (Å²) in [5.41, 5.74) is 0.854. The first-order valence-electron chi connectivity index (χ1n) is 6.26. The number of aliphatic hydroxyl groups excluding tert-OH is 1. The summed E-state index contributed by atoms with van der Waals surface area (Å²) in [6, 6.07) is 9.42. The van der Waals surface area contributed by atoms with E-state index < -0.39 is 6.10 Å². The van der Waals surface area contributed by atoms with Crippen molar-refractivity contribution in [3.05, 3.63) is 35.9 Å². The molecule has 0 bridgehead atoms. The molecule has 1 rings (SSSR count). The normalized spacial score (nSPS) is 12.1. The van der Waals surface area contributed by atoms with Crippen LogP contribution in [-0.4, -0.2) is 31.3 Å². The highest BCUT2D eigenvalue weighted by molar-refractivity contribution is 5.82. The molecular weight excluding hydrogens is 230 g/mol. The fraction of sp³-hybridized carbons (Fsp3) is 0.500. The molecule has 18 heavy (non-hydrogen) atoms. The van der Waals surface area contributed by atoms with Crippen LogP contribution in [0.15, 0.2) is 30.3 Å². The lowest BCUT2D eigenvalue weighted by Crippen LogP contribution is -2.31. The van der Waals surface area contributed by atoms with Gasteiger partial charge in [-0.25, -0.2) is 0 Å². The predicted molar refractivity (Wildman–Crippen MR) is 70.1 cm³/mol. The monoisotopic (exact) mass is 251 g/mol. The van der Waals surface area contributed by atoms with Gasteiger partial charge in [0, 0.05) is 20.3 Å². The van der Waals surface area contributed by atoms with Gasteiger partial charge in [0.2, 0.25) is 0 Å². The van der Waals surface area contributed by atoms with Crippen LogP contribution in [0.25, 0.3) is 0 Å². The Balaban J connectivity index is 2.39. The fourth-order valence-electron chi connectivity index (χ4n) is 1.74. The van der Waals surface area contributed by atoms with Crippen LogP contribution in [0.3, 0.4) is 0 Å². The number of aliphatic hydroxyl groups is 1.